The maximum absolute atomic E-state index is 11.8. The smallest absolute Gasteiger partial charge is 0.220 e. The van der Waals surface area contributed by atoms with Gasteiger partial charge in [0.25, 0.3) is 0 Å². The lowest BCUT2D eigenvalue weighted by Gasteiger charge is -2.14. The average molecular weight is 247 g/mol. The molecule has 1 aliphatic rings. The molecule has 98 valence electrons. The second kappa shape index (κ2) is 6.50. The first-order chi connectivity index (χ1) is 8.75. The molecule has 2 rings (SSSR count). The van der Waals surface area contributed by atoms with Gasteiger partial charge in [-0.1, -0.05) is 6.07 Å². The van der Waals surface area contributed by atoms with Crippen molar-refractivity contribution in [3.05, 3.63) is 30.1 Å². The fourth-order valence-electron chi connectivity index (χ4n) is 2.32. The molecule has 2 unspecified atom stereocenters. The summed E-state index contributed by atoms with van der Waals surface area (Å²) in [4.78, 5) is 16.1. The van der Waals surface area contributed by atoms with Crippen molar-refractivity contribution in [3.8, 4) is 0 Å². The van der Waals surface area contributed by atoms with E-state index in [1.807, 2.05) is 25.1 Å². The second-order valence-electron chi connectivity index (χ2n) is 4.94. The predicted octanol–water partition coefficient (Wildman–Crippen LogP) is 1.65. The second-order valence-corrected chi connectivity index (χ2v) is 4.94. The molecule has 2 heterocycles. The minimum atomic E-state index is -0.0135. The molecule has 0 radical (unpaired) electrons. The third kappa shape index (κ3) is 3.81. The molecule has 4 nitrogen and oxygen atoms in total. The Labute approximate surface area is 108 Å². The number of hydrogen-bond donors (Lipinski definition) is 2. The minimum absolute atomic E-state index is 0.0135. The molecule has 4 heteroatoms. The van der Waals surface area contributed by atoms with Crippen LogP contribution in [0.5, 0.6) is 0 Å². The highest BCUT2D eigenvalue weighted by atomic mass is 16.1. The van der Waals surface area contributed by atoms with Gasteiger partial charge in [0.05, 0.1) is 11.7 Å². The number of carbonyl (C=O) groups excluding carboxylic acids is 1. The first-order valence-electron chi connectivity index (χ1n) is 6.66. The van der Waals surface area contributed by atoms with Crippen LogP contribution in [0.3, 0.4) is 0 Å². The number of pyridine rings is 1. The van der Waals surface area contributed by atoms with E-state index >= 15 is 0 Å². The molecule has 0 aliphatic carbocycles. The van der Waals surface area contributed by atoms with E-state index in [0.717, 1.165) is 25.2 Å². The van der Waals surface area contributed by atoms with E-state index in [1.54, 1.807) is 6.20 Å². The molecule has 2 N–H and O–H groups in total. The van der Waals surface area contributed by atoms with Crippen molar-refractivity contribution < 1.29 is 4.79 Å². The molecule has 1 amide bonds. The summed E-state index contributed by atoms with van der Waals surface area (Å²) in [6, 6.07) is 5.74. The van der Waals surface area contributed by atoms with Crippen LogP contribution < -0.4 is 10.6 Å². The zero-order chi connectivity index (χ0) is 12.8. The van der Waals surface area contributed by atoms with Gasteiger partial charge in [-0.2, -0.15) is 0 Å². The Bertz CT molecular complexity index is 374. The van der Waals surface area contributed by atoms with Crippen LogP contribution in [-0.4, -0.2) is 24.0 Å². The third-order valence-electron chi connectivity index (χ3n) is 3.45. The van der Waals surface area contributed by atoms with Gasteiger partial charge in [0, 0.05) is 12.6 Å². The van der Waals surface area contributed by atoms with E-state index in [4.69, 9.17) is 0 Å². The largest absolute Gasteiger partial charge is 0.348 e. The van der Waals surface area contributed by atoms with E-state index in [2.05, 4.69) is 15.6 Å². The van der Waals surface area contributed by atoms with Crippen LogP contribution in [0.1, 0.15) is 37.9 Å². The summed E-state index contributed by atoms with van der Waals surface area (Å²) < 4.78 is 0. The van der Waals surface area contributed by atoms with Gasteiger partial charge in [0.2, 0.25) is 5.91 Å². The van der Waals surface area contributed by atoms with Crippen molar-refractivity contribution in [2.45, 2.75) is 32.2 Å². The van der Waals surface area contributed by atoms with Crippen molar-refractivity contribution in [1.29, 1.82) is 0 Å². The van der Waals surface area contributed by atoms with E-state index in [1.165, 1.54) is 6.42 Å². The minimum Gasteiger partial charge on any atom is -0.348 e. The normalized spacial score (nSPS) is 20.6. The maximum atomic E-state index is 11.8. The zero-order valence-electron chi connectivity index (χ0n) is 10.9. The molecule has 1 fully saturated rings. The van der Waals surface area contributed by atoms with Crippen molar-refractivity contribution in [1.82, 2.24) is 15.6 Å². The van der Waals surface area contributed by atoms with Crippen molar-refractivity contribution in [2.75, 3.05) is 13.1 Å². The van der Waals surface area contributed by atoms with Gasteiger partial charge in [-0.05, 0) is 50.9 Å². The quantitative estimate of drug-likeness (QED) is 0.832. The summed E-state index contributed by atoms with van der Waals surface area (Å²) in [5.41, 5.74) is 0.911. The van der Waals surface area contributed by atoms with Crippen LogP contribution in [0.25, 0.3) is 0 Å². The van der Waals surface area contributed by atoms with E-state index in [9.17, 15) is 4.79 Å². The number of amides is 1. The Morgan fingerprint density at radius 3 is 3.17 bits per heavy atom. The number of carbonyl (C=O) groups is 1. The monoisotopic (exact) mass is 247 g/mol. The molecule has 0 aromatic carbocycles. The highest BCUT2D eigenvalue weighted by Crippen LogP contribution is 2.15. The van der Waals surface area contributed by atoms with Crippen LogP contribution >= 0.6 is 0 Å². The highest BCUT2D eigenvalue weighted by molar-refractivity contribution is 5.76. The van der Waals surface area contributed by atoms with Crippen molar-refractivity contribution >= 4 is 5.91 Å². The molecule has 1 saturated heterocycles. The Morgan fingerprint density at radius 1 is 1.61 bits per heavy atom. The van der Waals surface area contributed by atoms with Gasteiger partial charge in [-0.25, -0.2) is 0 Å². The van der Waals surface area contributed by atoms with Gasteiger partial charge in [0.15, 0.2) is 0 Å². The van der Waals surface area contributed by atoms with Gasteiger partial charge in [0.1, 0.15) is 0 Å². The van der Waals surface area contributed by atoms with Crippen molar-refractivity contribution in [3.63, 3.8) is 0 Å². The van der Waals surface area contributed by atoms with E-state index < -0.39 is 0 Å². The first-order valence-corrected chi connectivity index (χ1v) is 6.66. The molecule has 18 heavy (non-hydrogen) atoms. The number of nitrogens with zero attached hydrogens (tertiary/aromatic N) is 1. The van der Waals surface area contributed by atoms with Gasteiger partial charge in [-0.3, -0.25) is 9.78 Å². The summed E-state index contributed by atoms with van der Waals surface area (Å²) in [6.45, 7) is 4.12. The van der Waals surface area contributed by atoms with Crippen molar-refractivity contribution in [2.24, 2.45) is 5.92 Å². The van der Waals surface area contributed by atoms with Crippen LogP contribution in [0, 0.1) is 5.92 Å². The summed E-state index contributed by atoms with van der Waals surface area (Å²) in [6.07, 6.45) is 4.54. The summed E-state index contributed by atoms with van der Waals surface area (Å²) >= 11 is 0. The zero-order valence-corrected chi connectivity index (χ0v) is 10.9. The summed E-state index contributed by atoms with van der Waals surface area (Å²) in [5, 5.41) is 6.32. The third-order valence-corrected chi connectivity index (χ3v) is 3.45. The van der Waals surface area contributed by atoms with Crippen LogP contribution in [0.2, 0.25) is 0 Å². The number of nitrogens with one attached hydrogen (secondary N) is 2. The van der Waals surface area contributed by atoms with Gasteiger partial charge < -0.3 is 10.6 Å². The lowest BCUT2D eigenvalue weighted by atomic mass is 10.0. The Morgan fingerprint density at radius 2 is 2.50 bits per heavy atom. The fourth-order valence-corrected chi connectivity index (χ4v) is 2.32. The number of aromatic nitrogens is 1. The number of rotatable bonds is 5. The Kier molecular flexibility index (Phi) is 4.70. The Hall–Kier alpha value is -1.42. The van der Waals surface area contributed by atoms with Gasteiger partial charge in [-0.15, -0.1) is 0 Å². The molecule has 0 saturated carbocycles. The lowest BCUT2D eigenvalue weighted by Crippen LogP contribution is -2.27. The van der Waals surface area contributed by atoms with E-state index in [-0.39, 0.29) is 11.9 Å². The number of hydrogen-bond acceptors (Lipinski definition) is 3. The molecule has 0 spiro atoms. The standard InChI is InChI=1S/C14H21N3O/c1-11(13-4-2-3-8-16-13)17-14(18)6-5-12-7-9-15-10-12/h2-4,8,11-12,15H,5-7,9-10H2,1H3,(H,17,18). The Balaban J connectivity index is 1.73. The lowest BCUT2D eigenvalue weighted by molar-refractivity contribution is -0.122. The molecule has 2 atom stereocenters. The maximum Gasteiger partial charge on any atom is 0.220 e. The molecule has 1 aromatic rings. The summed E-state index contributed by atoms with van der Waals surface area (Å²) in [7, 11) is 0. The predicted molar refractivity (Wildman–Crippen MR) is 71.0 cm³/mol. The molecular weight excluding hydrogens is 226 g/mol. The first kappa shape index (κ1) is 13.0. The SMILES string of the molecule is CC(NC(=O)CCC1CCNC1)c1ccccn1. The molecule has 0 bridgehead atoms. The fraction of sp³-hybridized carbons (Fsp3) is 0.571. The van der Waals surface area contributed by atoms with Crippen LogP contribution in [0.4, 0.5) is 0 Å². The molecular formula is C14H21N3O. The summed E-state index contributed by atoms with van der Waals surface area (Å²) in [5.74, 6) is 0.793. The highest BCUT2D eigenvalue weighted by Gasteiger charge is 2.16. The van der Waals surface area contributed by atoms with E-state index in [0.29, 0.717) is 12.3 Å². The molecule has 1 aromatic heterocycles. The van der Waals surface area contributed by atoms with Gasteiger partial charge >= 0.3 is 0 Å². The van der Waals surface area contributed by atoms with Crippen LogP contribution in [-0.2, 0) is 4.79 Å². The van der Waals surface area contributed by atoms with Crippen LogP contribution in [0.15, 0.2) is 24.4 Å². The topological polar surface area (TPSA) is 54.0 Å². The molecule has 1 aliphatic heterocycles. The average Bonchev–Trinajstić information content (AvgIpc) is 2.90.